The summed E-state index contributed by atoms with van der Waals surface area (Å²) < 4.78 is 0. The molecule has 15 heavy (non-hydrogen) atoms. The minimum absolute atomic E-state index is 0.177. The van der Waals surface area contributed by atoms with Gasteiger partial charge in [-0.15, -0.1) is 11.8 Å². The second kappa shape index (κ2) is 7.12. The van der Waals surface area contributed by atoms with Gasteiger partial charge in [0, 0.05) is 13.2 Å². The molecule has 1 aliphatic heterocycles. The van der Waals surface area contributed by atoms with Gasteiger partial charge in [0.2, 0.25) is 5.91 Å². The Morgan fingerprint density at radius 1 is 1.67 bits per heavy atom. The minimum atomic E-state index is 0.177. The van der Waals surface area contributed by atoms with E-state index in [9.17, 15) is 4.79 Å². The first-order valence-electron chi connectivity index (χ1n) is 5.78. The number of nitrogens with one attached hydrogen (secondary N) is 1. The first-order valence-corrected chi connectivity index (χ1v) is 6.83. The van der Waals surface area contributed by atoms with Gasteiger partial charge in [0.05, 0.1) is 5.25 Å². The molecule has 1 amide bonds. The summed E-state index contributed by atoms with van der Waals surface area (Å²) in [5, 5.41) is 12.0. The number of aliphatic hydroxyl groups is 1. The summed E-state index contributed by atoms with van der Waals surface area (Å²) >= 11 is 1.76. The molecular weight excluding hydrogens is 210 g/mol. The van der Waals surface area contributed by atoms with Crippen molar-refractivity contribution in [3.8, 4) is 0 Å². The van der Waals surface area contributed by atoms with Gasteiger partial charge >= 0.3 is 0 Å². The van der Waals surface area contributed by atoms with Crippen molar-refractivity contribution in [2.75, 3.05) is 18.9 Å². The fraction of sp³-hybridized carbons (Fsp3) is 0.909. The lowest BCUT2D eigenvalue weighted by Gasteiger charge is -2.16. The maximum atomic E-state index is 11.7. The van der Waals surface area contributed by atoms with E-state index in [1.807, 2.05) is 0 Å². The Balaban J connectivity index is 2.19. The van der Waals surface area contributed by atoms with E-state index >= 15 is 0 Å². The highest BCUT2D eigenvalue weighted by Gasteiger charge is 2.23. The number of aliphatic hydroxyl groups excluding tert-OH is 1. The summed E-state index contributed by atoms with van der Waals surface area (Å²) in [5.74, 6) is 1.73. The zero-order chi connectivity index (χ0) is 11.1. The van der Waals surface area contributed by atoms with E-state index in [0.717, 1.165) is 31.4 Å². The van der Waals surface area contributed by atoms with Crippen LogP contribution in [0.15, 0.2) is 0 Å². The van der Waals surface area contributed by atoms with Gasteiger partial charge in [0.1, 0.15) is 0 Å². The van der Waals surface area contributed by atoms with Crippen molar-refractivity contribution < 1.29 is 9.90 Å². The van der Waals surface area contributed by atoms with Gasteiger partial charge in [-0.3, -0.25) is 4.79 Å². The molecular formula is C11H21NO2S. The van der Waals surface area contributed by atoms with Crippen LogP contribution in [-0.2, 0) is 4.79 Å². The van der Waals surface area contributed by atoms with Crippen LogP contribution in [0.4, 0.5) is 0 Å². The summed E-state index contributed by atoms with van der Waals surface area (Å²) in [6.45, 7) is 3.02. The van der Waals surface area contributed by atoms with Crippen molar-refractivity contribution in [1.29, 1.82) is 0 Å². The fourth-order valence-electron chi connectivity index (χ4n) is 1.78. The average Bonchev–Trinajstić information content (AvgIpc) is 2.77. The quantitative estimate of drug-likeness (QED) is 0.726. The highest BCUT2D eigenvalue weighted by atomic mass is 32.2. The number of thioether (sulfide) groups is 1. The van der Waals surface area contributed by atoms with E-state index in [0.29, 0.717) is 12.5 Å². The Morgan fingerprint density at radius 3 is 3.00 bits per heavy atom. The zero-order valence-corrected chi connectivity index (χ0v) is 10.2. The van der Waals surface area contributed by atoms with Crippen LogP contribution in [0.25, 0.3) is 0 Å². The SMILES string of the molecule is CCC(CCO)CNC(=O)C1CCCS1. The predicted octanol–water partition coefficient (Wildman–Crippen LogP) is 1.41. The van der Waals surface area contributed by atoms with Crippen LogP contribution >= 0.6 is 11.8 Å². The van der Waals surface area contributed by atoms with Gasteiger partial charge in [-0.25, -0.2) is 0 Å². The normalized spacial score (nSPS) is 22.7. The number of hydrogen-bond acceptors (Lipinski definition) is 3. The molecule has 3 nitrogen and oxygen atoms in total. The van der Waals surface area contributed by atoms with Crippen molar-refractivity contribution in [1.82, 2.24) is 5.32 Å². The first-order chi connectivity index (χ1) is 7.27. The summed E-state index contributed by atoms with van der Waals surface area (Å²) in [6, 6.07) is 0. The molecule has 0 radical (unpaired) electrons. The van der Waals surface area contributed by atoms with E-state index in [-0.39, 0.29) is 17.8 Å². The summed E-state index contributed by atoms with van der Waals surface area (Å²) in [5.41, 5.74) is 0. The van der Waals surface area contributed by atoms with Crippen molar-refractivity contribution in [3.05, 3.63) is 0 Å². The number of hydrogen-bond donors (Lipinski definition) is 2. The van der Waals surface area contributed by atoms with Gasteiger partial charge in [-0.05, 0) is 30.9 Å². The van der Waals surface area contributed by atoms with Crippen LogP contribution in [0.1, 0.15) is 32.6 Å². The smallest absolute Gasteiger partial charge is 0.233 e. The maximum Gasteiger partial charge on any atom is 0.233 e. The molecule has 0 aromatic heterocycles. The third-order valence-corrected chi connectivity index (χ3v) is 4.28. The highest BCUT2D eigenvalue weighted by Crippen LogP contribution is 2.26. The van der Waals surface area contributed by atoms with Crippen molar-refractivity contribution in [3.63, 3.8) is 0 Å². The summed E-state index contributed by atoms with van der Waals surface area (Å²) in [4.78, 5) is 11.7. The highest BCUT2D eigenvalue weighted by molar-refractivity contribution is 8.00. The summed E-state index contributed by atoms with van der Waals surface area (Å²) in [7, 11) is 0. The van der Waals surface area contributed by atoms with Gasteiger partial charge in [0.15, 0.2) is 0 Å². The molecule has 2 unspecified atom stereocenters. The second-order valence-electron chi connectivity index (χ2n) is 4.03. The van der Waals surface area contributed by atoms with E-state index in [4.69, 9.17) is 5.11 Å². The minimum Gasteiger partial charge on any atom is -0.396 e. The lowest BCUT2D eigenvalue weighted by Crippen LogP contribution is -2.35. The molecule has 1 aliphatic rings. The molecule has 0 aromatic carbocycles. The number of carbonyl (C=O) groups is 1. The number of rotatable bonds is 6. The van der Waals surface area contributed by atoms with Crippen LogP contribution in [-0.4, -0.2) is 35.2 Å². The molecule has 0 spiro atoms. The van der Waals surface area contributed by atoms with Crippen molar-refractivity contribution in [2.45, 2.75) is 37.9 Å². The Bertz CT molecular complexity index is 193. The predicted molar refractivity (Wildman–Crippen MR) is 64.0 cm³/mol. The second-order valence-corrected chi connectivity index (χ2v) is 5.34. The van der Waals surface area contributed by atoms with Gasteiger partial charge in [-0.1, -0.05) is 13.3 Å². The number of carbonyl (C=O) groups excluding carboxylic acids is 1. The van der Waals surface area contributed by atoms with E-state index < -0.39 is 0 Å². The van der Waals surface area contributed by atoms with Crippen LogP contribution < -0.4 is 5.32 Å². The molecule has 0 aromatic rings. The molecule has 0 bridgehead atoms. The average molecular weight is 231 g/mol. The summed E-state index contributed by atoms with van der Waals surface area (Å²) in [6.07, 6.45) is 3.98. The van der Waals surface area contributed by atoms with Crippen LogP contribution in [0.2, 0.25) is 0 Å². The molecule has 0 aliphatic carbocycles. The molecule has 2 N–H and O–H groups in total. The molecule has 1 saturated heterocycles. The Labute approximate surface area is 96.0 Å². The largest absolute Gasteiger partial charge is 0.396 e. The molecule has 1 rings (SSSR count). The zero-order valence-electron chi connectivity index (χ0n) is 9.37. The lowest BCUT2D eigenvalue weighted by atomic mass is 10.0. The monoisotopic (exact) mass is 231 g/mol. The molecule has 2 atom stereocenters. The third kappa shape index (κ3) is 4.43. The lowest BCUT2D eigenvalue weighted by molar-refractivity contribution is -0.120. The Kier molecular flexibility index (Phi) is 6.10. The standard InChI is InChI=1S/C11H21NO2S/c1-2-9(5-6-13)8-12-11(14)10-4-3-7-15-10/h9-10,13H,2-8H2,1H3,(H,12,14). The van der Waals surface area contributed by atoms with Crippen LogP contribution in [0.3, 0.4) is 0 Å². The molecule has 4 heteroatoms. The first kappa shape index (κ1) is 12.8. The Hall–Kier alpha value is -0.220. The van der Waals surface area contributed by atoms with E-state index in [2.05, 4.69) is 12.2 Å². The van der Waals surface area contributed by atoms with Crippen LogP contribution in [0.5, 0.6) is 0 Å². The molecule has 1 heterocycles. The van der Waals surface area contributed by atoms with Gasteiger partial charge in [-0.2, -0.15) is 0 Å². The van der Waals surface area contributed by atoms with Crippen molar-refractivity contribution >= 4 is 17.7 Å². The number of amides is 1. The molecule has 1 fully saturated rings. The van der Waals surface area contributed by atoms with E-state index in [1.54, 1.807) is 11.8 Å². The van der Waals surface area contributed by atoms with Crippen LogP contribution in [0, 0.1) is 5.92 Å². The molecule has 88 valence electrons. The molecule has 0 saturated carbocycles. The van der Waals surface area contributed by atoms with Crippen molar-refractivity contribution in [2.24, 2.45) is 5.92 Å². The van der Waals surface area contributed by atoms with E-state index in [1.165, 1.54) is 0 Å². The maximum absolute atomic E-state index is 11.7. The third-order valence-electron chi connectivity index (χ3n) is 2.90. The fourth-order valence-corrected chi connectivity index (χ4v) is 2.96. The topological polar surface area (TPSA) is 49.3 Å². The Morgan fingerprint density at radius 2 is 2.47 bits per heavy atom. The van der Waals surface area contributed by atoms with Gasteiger partial charge < -0.3 is 10.4 Å². The van der Waals surface area contributed by atoms with Gasteiger partial charge in [0.25, 0.3) is 0 Å².